The van der Waals surface area contributed by atoms with Gasteiger partial charge in [-0.1, -0.05) is 108 Å². The Bertz CT molecular complexity index is 1370. The molecule has 4 heterocycles. The van der Waals surface area contributed by atoms with Crippen molar-refractivity contribution in [2.45, 2.75) is 164 Å². The van der Waals surface area contributed by atoms with Crippen LogP contribution in [0.5, 0.6) is 0 Å². The lowest BCUT2D eigenvalue weighted by atomic mass is 10.1. The van der Waals surface area contributed by atoms with Crippen molar-refractivity contribution in [1.82, 2.24) is 9.47 Å². The first kappa shape index (κ1) is 39.8. The fraction of sp³-hybridized carbons (Fsp3) is 0.824. The average Bonchev–Trinajstić information content (AvgIpc) is 3.66. The second kappa shape index (κ2) is 12.6. The number of hydrogen-bond donors (Lipinski definition) is 4. The lowest BCUT2D eigenvalue weighted by molar-refractivity contribution is -0.146. The fourth-order valence-corrected chi connectivity index (χ4v) is 17.9. The molecule has 0 spiro atoms. The number of nitrogens with two attached hydrogens (primary N) is 1. The van der Waals surface area contributed by atoms with Gasteiger partial charge in [0.1, 0.15) is 51.8 Å². The zero-order valence-corrected chi connectivity index (χ0v) is 36.1. The zero-order chi connectivity index (χ0) is 36.7. The summed E-state index contributed by atoms with van der Waals surface area (Å²) in [4.78, 5) is 14.4. The number of thiophene rings is 1. The minimum Gasteiger partial charge on any atom is -0.394 e. The molecule has 5 N–H and O–H groups in total. The van der Waals surface area contributed by atoms with Crippen molar-refractivity contribution < 1.29 is 24.8 Å². The second-order valence-corrected chi connectivity index (χ2v) is 35.8. The first-order valence-corrected chi connectivity index (χ1v) is 27.3. The van der Waals surface area contributed by atoms with Gasteiger partial charge in [0, 0.05) is 11.3 Å². The van der Waals surface area contributed by atoms with Gasteiger partial charge >= 0.3 is 0 Å². The second-order valence-electron chi connectivity index (χ2n) is 18.8. The molecule has 3 aliphatic heterocycles. The third-order valence-corrected chi connectivity index (χ3v) is 32.0. The van der Waals surface area contributed by atoms with Crippen LogP contribution in [0.25, 0.3) is 0 Å². The Hall–Kier alpha value is -0.949. The molecular weight excluding hydrogens is 675 g/mol. The van der Waals surface area contributed by atoms with Gasteiger partial charge in [0.15, 0.2) is 11.7 Å². The van der Waals surface area contributed by atoms with E-state index in [1.54, 1.807) is 17.7 Å². The lowest BCUT2D eigenvalue weighted by Crippen LogP contribution is -2.88. The van der Waals surface area contributed by atoms with E-state index in [1.807, 2.05) is 4.90 Å². The van der Waals surface area contributed by atoms with E-state index in [-0.39, 0.29) is 15.1 Å². The van der Waals surface area contributed by atoms with Crippen LogP contribution in [0.1, 0.15) is 67.2 Å². The van der Waals surface area contributed by atoms with Gasteiger partial charge in [-0.05, 0) is 26.6 Å². The molecule has 48 heavy (non-hydrogen) atoms. The molecule has 0 radical (unpaired) electrons. The molecule has 1 aromatic heterocycles. The predicted molar refractivity (Wildman–Crippen MR) is 206 cm³/mol. The van der Waals surface area contributed by atoms with Crippen molar-refractivity contribution >= 4 is 47.9 Å². The van der Waals surface area contributed by atoms with Crippen LogP contribution >= 0.6 is 11.3 Å². The number of nitrogens with zero attached hydrogens (tertiary/aromatic N) is 4. The van der Waals surface area contributed by atoms with E-state index in [1.165, 1.54) is 4.88 Å². The highest BCUT2D eigenvalue weighted by Crippen LogP contribution is 2.60. The van der Waals surface area contributed by atoms with E-state index >= 15 is 0 Å². The van der Waals surface area contributed by atoms with Crippen molar-refractivity contribution in [3.05, 3.63) is 22.4 Å². The maximum atomic E-state index is 11.6. The summed E-state index contributed by atoms with van der Waals surface area (Å²) in [7, 11) is -7.94. The Balaban J connectivity index is 2.14. The van der Waals surface area contributed by atoms with Crippen molar-refractivity contribution in [1.29, 1.82) is 0 Å². The molecule has 0 amide bonds. The standard InChI is InChI=1S/C34H65N5O5SSi3/c1-30(2,3)46(10,11)33-28(35)37-34(47(12,13)31(4,5)6,43-19-18-23-17-16-20-45-23)39(48(14,15)32(7,8)9)29(33)38(22-36-33)27-26(42)25(41)24(21-40)44-27/h16-17,20,22,24-27,29,40-42H,18-19,21H2,1-15H3,(H2,35,37)/t24-,25?,26?,27-,29?,33?,34?/m1/s1. The van der Waals surface area contributed by atoms with Crippen LogP contribution < -0.4 is 5.73 Å². The highest BCUT2D eigenvalue weighted by atomic mass is 32.1. The molecule has 14 heteroatoms. The highest BCUT2D eigenvalue weighted by Gasteiger charge is 2.76. The summed E-state index contributed by atoms with van der Waals surface area (Å²) in [5.74, 6) is 0.473. The quantitative estimate of drug-likeness (QED) is 0.241. The number of rotatable bonds is 9. The number of hydrogen-bond acceptors (Lipinski definition) is 11. The Kier molecular flexibility index (Phi) is 10.5. The third-order valence-electron chi connectivity index (χ3n) is 13.3. The van der Waals surface area contributed by atoms with E-state index in [2.05, 4.69) is 124 Å². The van der Waals surface area contributed by atoms with Gasteiger partial charge < -0.3 is 35.4 Å². The van der Waals surface area contributed by atoms with Gasteiger partial charge in [-0.3, -0.25) is 9.56 Å². The van der Waals surface area contributed by atoms with Gasteiger partial charge in [-0.25, -0.2) is 4.99 Å². The van der Waals surface area contributed by atoms with E-state index in [0.717, 1.165) is 6.42 Å². The topological polar surface area (TPSA) is 136 Å². The van der Waals surface area contributed by atoms with E-state index in [4.69, 9.17) is 25.2 Å². The molecule has 0 bridgehead atoms. The van der Waals surface area contributed by atoms with E-state index in [0.29, 0.717) is 12.4 Å². The van der Waals surface area contributed by atoms with Crippen molar-refractivity contribution in [3.8, 4) is 0 Å². The largest absolute Gasteiger partial charge is 0.394 e. The van der Waals surface area contributed by atoms with Crippen LogP contribution in [0.15, 0.2) is 27.5 Å². The molecule has 1 fully saturated rings. The minimum absolute atomic E-state index is 0.156. The number of aliphatic hydroxyl groups excluding tert-OH is 3. The monoisotopic (exact) mass is 739 g/mol. The number of ether oxygens (including phenoxy) is 2. The van der Waals surface area contributed by atoms with Crippen LogP contribution in [0, 0.1) is 0 Å². The zero-order valence-electron chi connectivity index (χ0n) is 32.3. The molecule has 0 saturated carbocycles. The van der Waals surface area contributed by atoms with E-state index in [9.17, 15) is 15.3 Å². The van der Waals surface area contributed by atoms with Gasteiger partial charge in [0.25, 0.3) is 0 Å². The lowest BCUT2D eigenvalue weighted by Gasteiger charge is -2.68. The summed E-state index contributed by atoms with van der Waals surface area (Å²) in [6.45, 7) is 34.9. The molecule has 1 aromatic rings. The summed E-state index contributed by atoms with van der Waals surface area (Å²) < 4.78 is 16.4. The highest BCUT2D eigenvalue weighted by molar-refractivity contribution is 7.09. The van der Waals surface area contributed by atoms with Crippen molar-refractivity contribution in [2.75, 3.05) is 13.2 Å². The Labute approximate surface area is 296 Å². The van der Waals surface area contributed by atoms with Crippen molar-refractivity contribution in [2.24, 2.45) is 15.7 Å². The summed E-state index contributed by atoms with van der Waals surface area (Å²) in [6, 6.07) is 4.22. The molecule has 274 valence electrons. The molecule has 4 rings (SSSR count). The summed E-state index contributed by atoms with van der Waals surface area (Å²) in [5.41, 5.74) is 6.39. The maximum absolute atomic E-state index is 11.6. The molecule has 7 atom stereocenters. The van der Waals surface area contributed by atoms with Gasteiger partial charge in [-0.2, -0.15) is 0 Å². The fourth-order valence-electron chi connectivity index (χ4n) is 7.20. The first-order valence-electron chi connectivity index (χ1n) is 17.4. The molecule has 3 aliphatic rings. The maximum Gasteiger partial charge on any atom is 0.195 e. The van der Waals surface area contributed by atoms with Crippen LogP contribution in [0.4, 0.5) is 0 Å². The minimum atomic E-state index is -2.67. The van der Waals surface area contributed by atoms with Crippen LogP contribution in [-0.4, -0.2) is 116 Å². The predicted octanol–water partition coefficient (Wildman–Crippen LogP) is 5.58. The number of aliphatic hydroxyl groups is 3. The van der Waals surface area contributed by atoms with Gasteiger partial charge in [0.2, 0.25) is 0 Å². The average molecular weight is 740 g/mol. The molecular formula is C34H65N5O5SSi3. The van der Waals surface area contributed by atoms with Crippen molar-refractivity contribution in [3.63, 3.8) is 0 Å². The molecule has 0 aliphatic carbocycles. The molecule has 5 unspecified atom stereocenters. The third kappa shape index (κ3) is 5.77. The van der Waals surface area contributed by atoms with Gasteiger partial charge in [0.05, 0.1) is 27.6 Å². The summed E-state index contributed by atoms with van der Waals surface area (Å²) >= 11 is 1.73. The molecule has 1 saturated heterocycles. The smallest absolute Gasteiger partial charge is 0.195 e. The van der Waals surface area contributed by atoms with E-state index < -0.39 is 72.3 Å². The number of amidine groups is 1. The van der Waals surface area contributed by atoms with Crippen LogP contribution in [0.3, 0.4) is 0 Å². The summed E-state index contributed by atoms with van der Waals surface area (Å²) in [5, 5.41) is 33.4. The Morgan fingerprint density at radius 2 is 1.52 bits per heavy atom. The number of fused-ring (bicyclic) bond motifs is 1. The van der Waals surface area contributed by atoms with Crippen LogP contribution in [0.2, 0.25) is 54.4 Å². The Morgan fingerprint density at radius 3 is 1.98 bits per heavy atom. The number of aliphatic imine (C=N–C) groups is 2. The molecule has 0 aromatic carbocycles. The summed E-state index contributed by atoms with van der Waals surface area (Å²) in [6.07, 6.45) is -2.38. The normalized spacial score (nSPS) is 32.6. The van der Waals surface area contributed by atoms with Gasteiger partial charge in [-0.15, -0.1) is 11.3 Å². The SMILES string of the molecule is CC(C)(C)[Si](C)(C)N1C2N([C@@H]3O[C@H](CO)C(O)C3O)C=NC2([Si](C)(C)C(C)(C)C)C(N)=NC1(OCCc1cccs1)[Si](C)(C)C(C)(C)C. The Morgan fingerprint density at radius 1 is 0.938 bits per heavy atom. The molecule has 10 nitrogen and oxygen atoms in total. The first-order chi connectivity index (χ1) is 21.7. The van der Waals surface area contributed by atoms with Crippen LogP contribution in [-0.2, 0) is 15.9 Å².